The maximum Gasteiger partial charge on any atom is 0.324 e. The first-order valence-electron chi connectivity index (χ1n) is 16.0. The number of piperidine rings is 1. The largest absolute Gasteiger partial charge is 0.493 e. The molecule has 5 rings (SSSR count). The Bertz CT molecular complexity index is 1560. The van der Waals surface area contributed by atoms with Crippen LogP contribution in [0.3, 0.4) is 0 Å². The van der Waals surface area contributed by atoms with Gasteiger partial charge in [0.05, 0.1) is 24.1 Å². The second kappa shape index (κ2) is 16.5. The van der Waals surface area contributed by atoms with E-state index in [1.165, 1.54) is 23.1 Å². The molecule has 0 radical (unpaired) electrons. The molecule has 0 bridgehead atoms. The molecule has 2 fully saturated rings. The number of rotatable bonds is 11. The lowest BCUT2D eigenvalue weighted by Gasteiger charge is -2.30. The van der Waals surface area contributed by atoms with E-state index < -0.39 is 28.1 Å². The van der Waals surface area contributed by atoms with Gasteiger partial charge >= 0.3 is 6.01 Å². The van der Waals surface area contributed by atoms with Crippen molar-refractivity contribution < 1.29 is 35.8 Å². The number of hydrogen-bond acceptors (Lipinski definition) is 9. The molecule has 2 atom stereocenters. The molecule has 1 amide bonds. The molecular formula is C33H45F2N5O6S. The number of likely N-dealkylation sites (tertiary alicyclic amines) is 1. The Hall–Kier alpha value is -3.62. The summed E-state index contributed by atoms with van der Waals surface area (Å²) in [6, 6.07) is 10.4. The first-order chi connectivity index (χ1) is 22.3. The van der Waals surface area contributed by atoms with E-state index in [0.717, 1.165) is 50.2 Å². The van der Waals surface area contributed by atoms with E-state index in [1.54, 1.807) is 24.3 Å². The van der Waals surface area contributed by atoms with Crippen molar-refractivity contribution in [3.05, 3.63) is 65.2 Å². The summed E-state index contributed by atoms with van der Waals surface area (Å²) in [7, 11) is -4.02. The predicted octanol–water partition coefficient (Wildman–Crippen LogP) is 5.09. The summed E-state index contributed by atoms with van der Waals surface area (Å²) in [5.41, 5.74) is 7.29. The van der Waals surface area contributed by atoms with Gasteiger partial charge in [-0.3, -0.25) is 9.35 Å². The molecule has 3 aromatic rings. The molecule has 1 aromatic heterocycles. The van der Waals surface area contributed by atoms with Gasteiger partial charge < -0.3 is 24.8 Å². The van der Waals surface area contributed by atoms with Crippen LogP contribution < -0.4 is 15.4 Å². The molecule has 2 aliphatic heterocycles. The third-order valence-corrected chi connectivity index (χ3v) is 9.27. The fourth-order valence-corrected chi connectivity index (χ4v) is 6.01. The minimum Gasteiger partial charge on any atom is -0.493 e. The summed E-state index contributed by atoms with van der Waals surface area (Å²) in [6.07, 6.45) is 3.45. The average molecular weight is 678 g/mol. The quantitative estimate of drug-likeness (QED) is 0.207. The lowest BCUT2D eigenvalue weighted by Crippen LogP contribution is -2.44. The molecule has 11 nitrogen and oxygen atoms in total. The summed E-state index contributed by atoms with van der Waals surface area (Å²) in [5.74, 6) is 1.27. The van der Waals surface area contributed by atoms with Crippen molar-refractivity contribution in [3.8, 4) is 5.75 Å². The van der Waals surface area contributed by atoms with Crippen LogP contribution in [-0.2, 0) is 21.3 Å². The third kappa shape index (κ3) is 10.7. The second-order valence-electron chi connectivity index (χ2n) is 12.5. The van der Waals surface area contributed by atoms with Gasteiger partial charge in [-0.1, -0.05) is 42.8 Å². The van der Waals surface area contributed by atoms with Gasteiger partial charge in [-0.2, -0.15) is 13.4 Å². The number of carbonyl (C=O) groups is 1. The molecule has 2 aliphatic rings. The Labute approximate surface area is 275 Å². The van der Waals surface area contributed by atoms with Crippen molar-refractivity contribution >= 4 is 22.0 Å². The van der Waals surface area contributed by atoms with Gasteiger partial charge in [-0.25, -0.2) is 8.78 Å². The second-order valence-corrected chi connectivity index (χ2v) is 14.0. The van der Waals surface area contributed by atoms with E-state index in [4.69, 9.17) is 19.5 Å². The molecular weight excluding hydrogens is 632 g/mol. The highest BCUT2D eigenvalue weighted by atomic mass is 32.2. The number of amides is 1. The zero-order valence-electron chi connectivity index (χ0n) is 27.1. The van der Waals surface area contributed by atoms with E-state index in [1.807, 2.05) is 20.8 Å². The van der Waals surface area contributed by atoms with Gasteiger partial charge in [0, 0.05) is 31.6 Å². The summed E-state index contributed by atoms with van der Waals surface area (Å²) in [5, 5.41) is 4.04. The number of halogens is 2. The molecule has 2 unspecified atom stereocenters. The van der Waals surface area contributed by atoms with Crippen LogP contribution in [0.15, 0.2) is 51.9 Å². The molecule has 0 spiro atoms. The highest BCUT2D eigenvalue weighted by Crippen LogP contribution is 2.26. The topological polar surface area (TPSA) is 152 Å². The van der Waals surface area contributed by atoms with Crippen molar-refractivity contribution in [1.29, 1.82) is 0 Å². The van der Waals surface area contributed by atoms with Crippen molar-refractivity contribution in [2.45, 2.75) is 82.3 Å². The van der Waals surface area contributed by atoms with E-state index in [-0.39, 0.29) is 29.7 Å². The molecule has 47 heavy (non-hydrogen) atoms. The number of hydrogen-bond donors (Lipinski definition) is 2. The van der Waals surface area contributed by atoms with Crippen LogP contribution in [0.2, 0.25) is 0 Å². The van der Waals surface area contributed by atoms with Crippen LogP contribution >= 0.6 is 0 Å². The van der Waals surface area contributed by atoms with Crippen molar-refractivity contribution in [2.75, 3.05) is 37.7 Å². The van der Waals surface area contributed by atoms with Crippen molar-refractivity contribution in [2.24, 2.45) is 11.7 Å². The highest BCUT2D eigenvalue weighted by Gasteiger charge is 2.29. The van der Waals surface area contributed by atoms with Gasteiger partial charge in [0.25, 0.3) is 10.1 Å². The fraction of sp³-hybridized carbons (Fsp3) is 0.545. The van der Waals surface area contributed by atoms with Gasteiger partial charge in [-0.05, 0) is 75.1 Å². The molecule has 3 heterocycles. The molecule has 0 aliphatic carbocycles. The van der Waals surface area contributed by atoms with Crippen LogP contribution in [-0.4, -0.2) is 78.9 Å². The lowest BCUT2D eigenvalue weighted by molar-refractivity contribution is -0.131. The summed E-state index contributed by atoms with van der Waals surface area (Å²) in [4.78, 5) is 20.4. The van der Waals surface area contributed by atoms with Crippen molar-refractivity contribution in [3.63, 3.8) is 0 Å². The minimum absolute atomic E-state index is 0.0666. The van der Waals surface area contributed by atoms with Crippen molar-refractivity contribution in [1.82, 2.24) is 15.0 Å². The highest BCUT2D eigenvalue weighted by molar-refractivity contribution is 7.85. The standard InChI is InChI=1S/C26H37F2N5O3.C7H8O3S/c1-17(2)24-30-26(36-31-24)32-10-7-18(8-11-32)4-3-13-35-21-6-5-19(22(28)15-21)14-23(29)25(34)33-12-9-20(27)16-33;1-6-2-4-7(5-3-6)11(8,9)10/h5-6,15,17-18,20,23H,3-4,7-14,16,29H2,1-2H3;2-5H,1H3,(H,8,9,10). The van der Waals surface area contributed by atoms with Crippen LogP contribution in [0, 0.1) is 18.7 Å². The Kier molecular flexibility index (Phi) is 12.7. The Morgan fingerprint density at radius 1 is 1.13 bits per heavy atom. The Balaban J connectivity index is 0.000000385. The predicted molar refractivity (Wildman–Crippen MR) is 173 cm³/mol. The van der Waals surface area contributed by atoms with Gasteiger partial charge in [0.15, 0.2) is 5.82 Å². The number of alkyl halides is 1. The minimum atomic E-state index is -4.02. The number of nitrogens with zero attached hydrogens (tertiary/aromatic N) is 4. The smallest absolute Gasteiger partial charge is 0.324 e. The Morgan fingerprint density at radius 2 is 1.83 bits per heavy atom. The molecule has 2 saturated heterocycles. The van der Waals surface area contributed by atoms with Crippen LogP contribution in [0.25, 0.3) is 0 Å². The van der Waals surface area contributed by atoms with E-state index in [2.05, 4.69) is 15.0 Å². The van der Waals surface area contributed by atoms with Gasteiger partial charge in [-0.15, -0.1) is 0 Å². The van der Waals surface area contributed by atoms with E-state index in [0.29, 0.717) is 42.8 Å². The number of nitrogens with two attached hydrogens (primary N) is 1. The number of aryl methyl sites for hydroxylation is 1. The molecule has 0 saturated carbocycles. The SMILES string of the molecule is CC(C)c1noc(N2CCC(CCCOc3ccc(CC(N)C(=O)N4CCC(F)C4)c(F)c3)CC2)n1.Cc1ccc(S(=O)(=O)O)cc1. The molecule has 258 valence electrons. The third-order valence-electron chi connectivity index (χ3n) is 8.40. The fourth-order valence-electron chi connectivity index (χ4n) is 5.53. The zero-order valence-corrected chi connectivity index (χ0v) is 28.0. The average Bonchev–Trinajstić information content (AvgIpc) is 3.71. The molecule has 14 heteroatoms. The van der Waals surface area contributed by atoms with Crippen LogP contribution in [0.5, 0.6) is 5.75 Å². The summed E-state index contributed by atoms with van der Waals surface area (Å²) < 4.78 is 68.7. The normalized spacial score (nSPS) is 17.8. The number of ether oxygens (including phenoxy) is 1. The van der Waals surface area contributed by atoms with Crippen LogP contribution in [0.1, 0.15) is 68.8 Å². The number of benzene rings is 2. The maximum absolute atomic E-state index is 14.6. The lowest BCUT2D eigenvalue weighted by atomic mass is 9.92. The van der Waals surface area contributed by atoms with Gasteiger partial charge in [0.2, 0.25) is 5.91 Å². The maximum atomic E-state index is 14.6. The summed E-state index contributed by atoms with van der Waals surface area (Å²) >= 11 is 0. The Morgan fingerprint density at radius 3 is 2.40 bits per heavy atom. The van der Waals surface area contributed by atoms with E-state index >= 15 is 0 Å². The number of anilines is 1. The molecule has 3 N–H and O–H groups in total. The number of carbonyl (C=O) groups excluding carboxylic acids is 1. The summed E-state index contributed by atoms with van der Waals surface area (Å²) in [6.45, 7) is 8.67. The zero-order chi connectivity index (χ0) is 34.1. The van der Waals surface area contributed by atoms with E-state index in [9.17, 15) is 22.0 Å². The monoisotopic (exact) mass is 677 g/mol. The van der Waals surface area contributed by atoms with Gasteiger partial charge in [0.1, 0.15) is 17.7 Å². The molecule has 2 aromatic carbocycles. The first kappa shape index (κ1) is 36.2. The first-order valence-corrected chi connectivity index (χ1v) is 17.5. The van der Waals surface area contributed by atoms with Crippen LogP contribution in [0.4, 0.5) is 14.8 Å². The number of aromatic nitrogens is 2.